The van der Waals surface area contributed by atoms with Crippen molar-refractivity contribution in [2.24, 2.45) is 5.73 Å². The van der Waals surface area contributed by atoms with Gasteiger partial charge in [0, 0.05) is 23.3 Å². The number of nitrogens with zero attached hydrogens (tertiary/aromatic N) is 1. The lowest BCUT2D eigenvalue weighted by molar-refractivity contribution is 0.324. The molecule has 2 heteroatoms. The Labute approximate surface area is 91.9 Å². The second-order valence-electron chi connectivity index (χ2n) is 4.85. The van der Waals surface area contributed by atoms with Gasteiger partial charge in [-0.15, -0.1) is 0 Å². The summed E-state index contributed by atoms with van der Waals surface area (Å²) in [6, 6.07) is 4.22. The average Bonchev–Trinajstić information content (AvgIpc) is 2.28. The lowest BCUT2D eigenvalue weighted by Gasteiger charge is -2.36. The van der Waals surface area contributed by atoms with Crippen LogP contribution in [0.5, 0.6) is 0 Å². The van der Waals surface area contributed by atoms with Crippen molar-refractivity contribution in [3.05, 3.63) is 29.6 Å². The van der Waals surface area contributed by atoms with Crippen LogP contribution in [0.15, 0.2) is 18.3 Å². The molecule has 0 aliphatic heterocycles. The van der Waals surface area contributed by atoms with Gasteiger partial charge in [-0.05, 0) is 44.2 Å². The molecule has 0 spiro atoms. The van der Waals surface area contributed by atoms with E-state index >= 15 is 0 Å². The molecule has 0 saturated carbocycles. The third-order valence-corrected chi connectivity index (χ3v) is 3.75. The molecule has 2 atom stereocenters. The van der Waals surface area contributed by atoms with Gasteiger partial charge in [-0.25, -0.2) is 0 Å². The topological polar surface area (TPSA) is 38.9 Å². The molecule has 15 heavy (non-hydrogen) atoms. The monoisotopic (exact) mass is 204 g/mol. The van der Waals surface area contributed by atoms with Crippen LogP contribution in [0, 0.1) is 0 Å². The molecule has 82 valence electrons. The van der Waals surface area contributed by atoms with E-state index in [1.807, 2.05) is 12.3 Å². The van der Waals surface area contributed by atoms with E-state index in [2.05, 4.69) is 24.9 Å². The van der Waals surface area contributed by atoms with Crippen LogP contribution < -0.4 is 5.73 Å². The highest BCUT2D eigenvalue weighted by molar-refractivity contribution is 5.28. The Morgan fingerprint density at radius 1 is 1.60 bits per heavy atom. The fourth-order valence-corrected chi connectivity index (χ4v) is 2.50. The van der Waals surface area contributed by atoms with Gasteiger partial charge in [-0.1, -0.05) is 13.0 Å². The van der Waals surface area contributed by atoms with E-state index in [4.69, 9.17) is 5.73 Å². The van der Waals surface area contributed by atoms with E-state index in [-0.39, 0.29) is 5.54 Å². The smallest absolute Gasteiger partial charge is 0.0484 e. The van der Waals surface area contributed by atoms with E-state index in [1.54, 1.807) is 0 Å². The predicted octanol–water partition coefficient (Wildman–Crippen LogP) is 2.63. The molecule has 1 aromatic rings. The van der Waals surface area contributed by atoms with E-state index in [0.717, 1.165) is 6.42 Å². The van der Waals surface area contributed by atoms with Gasteiger partial charge in [0.1, 0.15) is 0 Å². The fourth-order valence-electron chi connectivity index (χ4n) is 2.50. The molecule has 2 N–H and O–H groups in total. The minimum atomic E-state index is -0.108. The van der Waals surface area contributed by atoms with Crippen LogP contribution in [0.1, 0.15) is 50.3 Å². The molecular weight excluding hydrogens is 184 g/mol. The molecule has 0 radical (unpaired) electrons. The number of hydrogen-bond acceptors (Lipinski definition) is 2. The number of nitrogens with two attached hydrogens (primary N) is 1. The molecule has 0 bridgehead atoms. The third-order valence-electron chi connectivity index (χ3n) is 3.75. The molecular formula is C13H20N2. The molecule has 0 amide bonds. The Bertz CT molecular complexity index is 344. The van der Waals surface area contributed by atoms with E-state index in [9.17, 15) is 0 Å². The molecule has 2 rings (SSSR count). The summed E-state index contributed by atoms with van der Waals surface area (Å²) in [5.41, 5.74) is 8.91. The van der Waals surface area contributed by atoms with Crippen molar-refractivity contribution in [3.8, 4) is 0 Å². The van der Waals surface area contributed by atoms with Crippen LogP contribution in [0.3, 0.4) is 0 Å². The summed E-state index contributed by atoms with van der Waals surface area (Å²) < 4.78 is 0. The van der Waals surface area contributed by atoms with Gasteiger partial charge < -0.3 is 5.73 Å². The van der Waals surface area contributed by atoms with Crippen molar-refractivity contribution in [3.63, 3.8) is 0 Å². The van der Waals surface area contributed by atoms with Crippen molar-refractivity contribution in [1.82, 2.24) is 4.98 Å². The SMILES string of the molecule is CCC(C)(N)C1CCCc2cccnc21. The van der Waals surface area contributed by atoms with Crippen molar-refractivity contribution >= 4 is 0 Å². The average molecular weight is 204 g/mol. The highest BCUT2D eigenvalue weighted by atomic mass is 14.8. The van der Waals surface area contributed by atoms with Gasteiger partial charge in [-0.3, -0.25) is 4.98 Å². The van der Waals surface area contributed by atoms with Crippen LogP contribution in [0.4, 0.5) is 0 Å². The molecule has 1 aliphatic carbocycles. The zero-order valence-electron chi connectivity index (χ0n) is 9.66. The lowest BCUT2D eigenvalue weighted by atomic mass is 9.74. The van der Waals surface area contributed by atoms with Crippen LogP contribution in [-0.2, 0) is 6.42 Å². The van der Waals surface area contributed by atoms with Crippen LogP contribution >= 0.6 is 0 Å². The molecule has 1 aromatic heterocycles. The van der Waals surface area contributed by atoms with Crippen molar-refractivity contribution < 1.29 is 0 Å². The summed E-state index contributed by atoms with van der Waals surface area (Å²) in [5, 5.41) is 0. The van der Waals surface area contributed by atoms with Crippen LogP contribution in [0.2, 0.25) is 0 Å². The normalized spacial score (nSPS) is 24.3. The van der Waals surface area contributed by atoms with Gasteiger partial charge in [-0.2, -0.15) is 0 Å². The Balaban J connectivity index is 2.38. The van der Waals surface area contributed by atoms with Crippen molar-refractivity contribution in [2.75, 3.05) is 0 Å². The third kappa shape index (κ3) is 1.91. The number of hydrogen-bond donors (Lipinski definition) is 1. The summed E-state index contributed by atoms with van der Waals surface area (Å²) in [4.78, 5) is 4.53. The molecule has 0 saturated heterocycles. The van der Waals surface area contributed by atoms with Gasteiger partial charge in [0.05, 0.1) is 0 Å². The zero-order chi connectivity index (χ0) is 10.9. The molecule has 2 nitrogen and oxygen atoms in total. The molecule has 0 fully saturated rings. The second kappa shape index (κ2) is 3.93. The summed E-state index contributed by atoms with van der Waals surface area (Å²) in [5.74, 6) is 0.437. The number of rotatable bonds is 2. The van der Waals surface area contributed by atoms with Gasteiger partial charge in [0.25, 0.3) is 0 Å². The van der Waals surface area contributed by atoms with Gasteiger partial charge >= 0.3 is 0 Å². The first-order valence-electron chi connectivity index (χ1n) is 5.88. The Morgan fingerprint density at radius 2 is 2.40 bits per heavy atom. The standard InChI is InChI=1S/C13H20N2/c1-3-13(2,14)11-8-4-6-10-7-5-9-15-12(10)11/h5,7,9,11H,3-4,6,8,14H2,1-2H3. The quantitative estimate of drug-likeness (QED) is 0.804. The first-order valence-corrected chi connectivity index (χ1v) is 5.88. The maximum absolute atomic E-state index is 6.37. The minimum Gasteiger partial charge on any atom is -0.325 e. The van der Waals surface area contributed by atoms with Crippen LogP contribution in [0.25, 0.3) is 0 Å². The molecule has 2 unspecified atom stereocenters. The van der Waals surface area contributed by atoms with Crippen molar-refractivity contribution in [2.45, 2.75) is 51.0 Å². The maximum Gasteiger partial charge on any atom is 0.0484 e. The first kappa shape index (κ1) is 10.6. The number of pyridine rings is 1. The summed E-state index contributed by atoms with van der Waals surface area (Å²) >= 11 is 0. The van der Waals surface area contributed by atoms with E-state index < -0.39 is 0 Å². The molecule has 1 heterocycles. The van der Waals surface area contributed by atoms with E-state index in [0.29, 0.717) is 5.92 Å². The summed E-state index contributed by atoms with van der Waals surface area (Å²) in [6.07, 6.45) is 6.50. The van der Waals surface area contributed by atoms with Gasteiger partial charge in [0.2, 0.25) is 0 Å². The maximum atomic E-state index is 6.37. The molecule has 1 aliphatic rings. The fraction of sp³-hybridized carbons (Fsp3) is 0.615. The highest BCUT2D eigenvalue weighted by Gasteiger charge is 2.33. The minimum absolute atomic E-state index is 0.108. The summed E-state index contributed by atoms with van der Waals surface area (Å²) in [6.45, 7) is 4.32. The highest BCUT2D eigenvalue weighted by Crippen LogP contribution is 2.37. The number of aryl methyl sites for hydroxylation is 1. The zero-order valence-corrected chi connectivity index (χ0v) is 9.66. The Kier molecular flexibility index (Phi) is 2.79. The largest absolute Gasteiger partial charge is 0.325 e. The predicted molar refractivity (Wildman–Crippen MR) is 62.8 cm³/mol. The number of fused-ring (bicyclic) bond motifs is 1. The van der Waals surface area contributed by atoms with E-state index in [1.165, 1.54) is 30.5 Å². The van der Waals surface area contributed by atoms with Crippen LogP contribution in [-0.4, -0.2) is 10.5 Å². The summed E-state index contributed by atoms with van der Waals surface area (Å²) in [7, 11) is 0. The number of aromatic nitrogens is 1. The lowest BCUT2D eigenvalue weighted by Crippen LogP contribution is -2.43. The van der Waals surface area contributed by atoms with Gasteiger partial charge in [0.15, 0.2) is 0 Å². The molecule has 0 aromatic carbocycles. The Morgan fingerprint density at radius 3 is 3.13 bits per heavy atom. The first-order chi connectivity index (χ1) is 7.15. The Hall–Kier alpha value is -0.890. The second-order valence-corrected chi connectivity index (χ2v) is 4.85. The van der Waals surface area contributed by atoms with Crippen molar-refractivity contribution in [1.29, 1.82) is 0 Å².